The maximum absolute atomic E-state index is 12.2. The van der Waals surface area contributed by atoms with Crippen molar-refractivity contribution in [3.63, 3.8) is 0 Å². The zero-order valence-corrected chi connectivity index (χ0v) is 16.9. The van der Waals surface area contributed by atoms with E-state index in [1.807, 2.05) is 26.8 Å². The summed E-state index contributed by atoms with van der Waals surface area (Å²) in [5.74, 6) is -0.416. The van der Waals surface area contributed by atoms with Crippen LogP contribution in [0.3, 0.4) is 0 Å². The maximum atomic E-state index is 12.2. The van der Waals surface area contributed by atoms with Gasteiger partial charge in [-0.3, -0.25) is 10.8 Å². The van der Waals surface area contributed by atoms with Crippen molar-refractivity contribution in [2.45, 2.75) is 26.4 Å². The molecule has 28 heavy (non-hydrogen) atoms. The summed E-state index contributed by atoms with van der Waals surface area (Å²) in [7, 11) is 0. The van der Waals surface area contributed by atoms with Crippen LogP contribution in [0.5, 0.6) is 0 Å². The van der Waals surface area contributed by atoms with E-state index in [1.165, 1.54) is 0 Å². The molecule has 1 aliphatic rings. The minimum absolute atomic E-state index is 0.210. The fraction of sp³-hybridized carbons (Fsp3) is 0.444. The first kappa shape index (κ1) is 21.3. The number of hydrogen-bond donors (Lipinski definition) is 3. The lowest BCUT2D eigenvalue weighted by Gasteiger charge is -2.37. The molecule has 10 heteroatoms. The Bertz CT molecular complexity index is 818. The number of carbonyl (C=O) groups is 1. The van der Waals surface area contributed by atoms with E-state index in [1.54, 1.807) is 23.1 Å². The summed E-state index contributed by atoms with van der Waals surface area (Å²) in [5, 5.41) is 20.4. The normalized spacial score (nSPS) is 15.0. The number of nitrogens with zero attached hydrogens (tertiary/aromatic N) is 4. The molecule has 1 fully saturated rings. The van der Waals surface area contributed by atoms with Crippen LogP contribution in [0.25, 0.3) is 0 Å². The quantitative estimate of drug-likeness (QED) is 0.401. The van der Waals surface area contributed by atoms with Gasteiger partial charge in [0.2, 0.25) is 5.71 Å². The largest absolute Gasteiger partial charge is 0.444 e. The molecule has 150 valence electrons. The van der Waals surface area contributed by atoms with Gasteiger partial charge in [-0.2, -0.15) is 10.4 Å². The van der Waals surface area contributed by atoms with Gasteiger partial charge < -0.3 is 20.3 Å². The molecule has 0 atom stereocenters. The van der Waals surface area contributed by atoms with Crippen LogP contribution in [0.1, 0.15) is 20.8 Å². The van der Waals surface area contributed by atoms with Crippen molar-refractivity contribution in [3.05, 3.63) is 23.2 Å². The summed E-state index contributed by atoms with van der Waals surface area (Å²) in [4.78, 5) is 15.9. The number of carbonyl (C=O) groups excluding carboxylic acids is 1. The predicted molar refractivity (Wildman–Crippen MR) is 110 cm³/mol. The number of anilines is 2. The molecule has 1 amide bonds. The molecule has 1 heterocycles. The highest BCUT2D eigenvalue weighted by Gasteiger charge is 2.26. The van der Waals surface area contributed by atoms with E-state index >= 15 is 0 Å². The molecule has 9 nitrogen and oxygen atoms in total. The van der Waals surface area contributed by atoms with Gasteiger partial charge in [0, 0.05) is 26.2 Å². The van der Waals surface area contributed by atoms with E-state index in [0.29, 0.717) is 36.9 Å². The Hall–Kier alpha value is -2.99. The number of hydrogen-bond acceptors (Lipinski definition) is 7. The van der Waals surface area contributed by atoms with Crippen molar-refractivity contribution >= 4 is 40.6 Å². The molecular weight excluding hydrogens is 382 g/mol. The van der Waals surface area contributed by atoms with Gasteiger partial charge >= 0.3 is 6.09 Å². The van der Waals surface area contributed by atoms with Gasteiger partial charge in [0.05, 0.1) is 16.4 Å². The number of rotatable bonds is 4. The Labute approximate surface area is 169 Å². The number of amidine groups is 1. The van der Waals surface area contributed by atoms with E-state index < -0.39 is 11.4 Å². The number of nitrogens with two attached hydrogens (primary N) is 1. The van der Waals surface area contributed by atoms with Crippen molar-refractivity contribution in [2.24, 2.45) is 10.8 Å². The molecule has 1 saturated heterocycles. The van der Waals surface area contributed by atoms with Gasteiger partial charge in [0.15, 0.2) is 5.84 Å². The molecular formula is C18H24ClN7O2. The highest BCUT2D eigenvalue weighted by atomic mass is 35.5. The van der Waals surface area contributed by atoms with E-state index in [4.69, 9.17) is 32.7 Å². The van der Waals surface area contributed by atoms with Crippen LogP contribution in [-0.2, 0) is 4.74 Å². The summed E-state index contributed by atoms with van der Waals surface area (Å²) in [6.45, 7) is 7.88. The first-order valence-corrected chi connectivity index (χ1v) is 9.09. The Morgan fingerprint density at radius 2 is 2.00 bits per heavy atom. The standard InChI is InChI=1S/C18H24ClN7O2/c1-18(2,3)28-17(27)26-8-6-25(7-9-26)15-5-4-12(10-13(15)19)23-24-14(11-20)16(21)22/h4-5,10,23H,6-9H2,1-3H3,(H3,21,22)/b24-14+. The fourth-order valence-electron chi connectivity index (χ4n) is 2.56. The Kier molecular flexibility index (Phi) is 6.70. The van der Waals surface area contributed by atoms with Gasteiger partial charge in [0.25, 0.3) is 0 Å². The molecule has 4 N–H and O–H groups in total. The lowest BCUT2D eigenvalue weighted by Crippen LogP contribution is -2.50. The summed E-state index contributed by atoms with van der Waals surface area (Å²) in [6.07, 6.45) is -0.311. The van der Waals surface area contributed by atoms with Crippen LogP contribution in [0.4, 0.5) is 16.2 Å². The van der Waals surface area contributed by atoms with Gasteiger partial charge in [0.1, 0.15) is 11.7 Å². The number of amides is 1. The van der Waals surface area contributed by atoms with Gasteiger partial charge in [-0.25, -0.2) is 4.79 Å². The minimum atomic E-state index is -0.517. The molecule has 0 aromatic heterocycles. The van der Waals surface area contributed by atoms with Crippen molar-refractivity contribution in [1.82, 2.24) is 4.90 Å². The number of ether oxygens (including phenoxy) is 1. The molecule has 0 spiro atoms. The molecule has 0 saturated carbocycles. The average Bonchev–Trinajstić information content (AvgIpc) is 2.61. The summed E-state index contributed by atoms with van der Waals surface area (Å²) < 4.78 is 5.40. The third-order valence-electron chi connectivity index (χ3n) is 3.88. The lowest BCUT2D eigenvalue weighted by atomic mass is 10.2. The number of nitrogens with one attached hydrogen (secondary N) is 2. The smallest absolute Gasteiger partial charge is 0.410 e. The molecule has 1 aliphatic heterocycles. The molecule has 0 unspecified atom stereocenters. The summed E-state index contributed by atoms with van der Waals surface area (Å²) >= 11 is 6.39. The van der Waals surface area contributed by atoms with Crippen LogP contribution >= 0.6 is 11.6 Å². The second-order valence-corrected chi connectivity index (χ2v) is 7.63. The first-order valence-electron chi connectivity index (χ1n) is 8.71. The SMILES string of the molecule is CC(C)(C)OC(=O)N1CCN(c2ccc(N/N=C(\C#N)C(=N)N)cc2Cl)CC1. The third-order valence-corrected chi connectivity index (χ3v) is 4.18. The summed E-state index contributed by atoms with van der Waals surface area (Å²) in [6, 6.07) is 7.01. The number of halogens is 1. The zero-order valence-electron chi connectivity index (χ0n) is 16.1. The first-order chi connectivity index (χ1) is 13.1. The van der Waals surface area contributed by atoms with E-state index in [2.05, 4.69) is 15.4 Å². The van der Waals surface area contributed by atoms with Crippen molar-refractivity contribution in [2.75, 3.05) is 36.5 Å². The zero-order chi connectivity index (χ0) is 20.9. The molecule has 2 rings (SSSR count). The molecule has 1 aromatic carbocycles. The van der Waals surface area contributed by atoms with Crippen LogP contribution in [0, 0.1) is 16.7 Å². The number of nitriles is 1. The monoisotopic (exact) mass is 405 g/mol. The minimum Gasteiger partial charge on any atom is -0.444 e. The Morgan fingerprint density at radius 3 is 2.50 bits per heavy atom. The van der Waals surface area contributed by atoms with E-state index in [9.17, 15) is 4.79 Å². The van der Waals surface area contributed by atoms with Crippen LogP contribution in [0.15, 0.2) is 23.3 Å². The Balaban J connectivity index is 1.99. The lowest BCUT2D eigenvalue weighted by molar-refractivity contribution is 0.0240. The highest BCUT2D eigenvalue weighted by molar-refractivity contribution is 6.45. The molecule has 0 bridgehead atoms. The molecule has 0 aliphatic carbocycles. The Morgan fingerprint density at radius 1 is 1.36 bits per heavy atom. The van der Waals surface area contributed by atoms with Crippen molar-refractivity contribution in [3.8, 4) is 6.07 Å². The van der Waals surface area contributed by atoms with Crippen LogP contribution in [0.2, 0.25) is 5.02 Å². The summed E-state index contributed by atoms with van der Waals surface area (Å²) in [5.41, 5.74) is 8.59. The second-order valence-electron chi connectivity index (χ2n) is 7.22. The number of benzene rings is 1. The molecule has 1 aromatic rings. The van der Waals surface area contributed by atoms with Gasteiger partial charge in [-0.15, -0.1) is 0 Å². The van der Waals surface area contributed by atoms with Crippen molar-refractivity contribution < 1.29 is 9.53 Å². The second kappa shape index (κ2) is 8.80. The third kappa shape index (κ3) is 5.76. The average molecular weight is 406 g/mol. The van der Waals surface area contributed by atoms with Crippen LogP contribution in [-0.4, -0.2) is 54.3 Å². The number of hydrazone groups is 1. The van der Waals surface area contributed by atoms with Crippen molar-refractivity contribution in [1.29, 1.82) is 10.7 Å². The van der Waals surface area contributed by atoms with Crippen LogP contribution < -0.4 is 16.1 Å². The van der Waals surface area contributed by atoms with E-state index in [0.717, 1.165) is 5.69 Å². The highest BCUT2D eigenvalue weighted by Crippen LogP contribution is 2.30. The van der Waals surface area contributed by atoms with E-state index in [-0.39, 0.29) is 11.8 Å². The predicted octanol–water partition coefficient (Wildman–Crippen LogP) is 2.62. The number of piperazine rings is 1. The maximum Gasteiger partial charge on any atom is 0.410 e. The van der Waals surface area contributed by atoms with Gasteiger partial charge in [-0.1, -0.05) is 11.6 Å². The topological polar surface area (TPSA) is 131 Å². The van der Waals surface area contributed by atoms with Gasteiger partial charge in [-0.05, 0) is 39.0 Å². The fourth-order valence-corrected chi connectivity index (χ4v) is 2.86. The molecule has 0 radical (unpaired) electrons.